The number of benzene rings is 2. The van der Waals surface area contributed by atoms with Crippen LogP contribution in [0.3, 0.4) is 0 Å². The van der Waals surface area contributed by atoms with Gasteiger partial charge in [-0.15, -0.1) is 0 Å². The largest absolute Gasteiger partial charge is 0.361 e. The van der Waals surface area contributed by atoms with Gasteiger partial charge in [0.25, 0.3) is 0 Å². The van der Waals surface area contributed by atoms with Crippen LogP contribution in [0, 0.1) is 5.82 Å². The number of halogens is 1. The highest BCUT2D eigenvalue weighted by Gasteiger charge is 2.17. The summed E-state index contributed by atoms with van der Waals surface area (Å²) in [6.07, 6.45) is 6.49. The lowest BCUT2D eigenvalue weighted by molar-refractivity contribution is 0.573. The van der Waals surface area contributed by atoms with E-state index in [1.54, 1.807) is 12.1 Å². The molecule has 0 bridgehead atoms. The third kappa shape index (κ3) is 5.11. The molecule has 35 heavy (non-hydrogen) atoms. The van der Waals surface area contributed by atoms with Gasteiger partial charge in [-0.05, 0) is 62.2 Å². The summed E-state index contributed by atoms with van der Waals surface area (Å²) in [5.74, 6) is 1.74. The van der Waals surface area contributed by atoms with E-state index in [9.17, 15) is 4.39 Å². The molecule has 2 aromatic heterocycles. The Hall–Kier alpha value is -3.94. The van der Waals surface area contributed by atoms with Gasteiger partial charge < -0.3 is 20.1 Å². The summed E-state index contributed by atoms with van der Waals surface area (Å²) in [6.45, 7) is 6.12. The van der Waals surface area contributed by atoms with Crippen LogP contribution in [0.5, 0.6) is 0 Å². The molecule has 0 atom stereocenters. The number of anilines is 4. The van der Waals surface area contributed by atoms with Crippen LogP contribution in [0.25, 0.3) is 10.9 Å². The summed E-state index contributed by atoms with van der Waals surface area (Å²) in [5, 5.41) is 4.49. The van der Waals surface area contributed by atoms with Gasteiger partial charge in [0.15, 0.2) is 5.82 Å². The number of piperidine rings is 1. The van der Waals surface area contributed by atoms with Gasteiger partial charge in [0.1, 0.15) is 11.6 Å². The molecular formula is C27H30FN7. The normalized spacial score (nSPS) is 13.7. The van der Waals surface area contributed by atoms with E-state index in [2.05, 4.69) is 56.2 Å². The SMILES string of the molecule is C=Nc1ccc(Nc2cc(N3CCCCC3)nc(N(C)CCc3c[nH]c4ccccc34)n2)cc1F. The van der Waals surface area contributed by atoms with Crippen molar-refractivity contribution in [1.29, 1.82) is 0 Å². The van der Waals surface area contributed by atoms with Gasteiger partial charge in [-0.25, -0.2) is 4.39 Å². The second kappa shape index (κ2) is 10.1. The molecule has 0 saturated carbocycles. The van der Waals surface area contributed by atoms with Crippen molar-refractivity contribution in [3.63, 3.8) is 0 Å². The Morgan fingerprint density at radius 2 is 1.94 bits per heavy atom. The highest BCUT2D eigenvalue weighted by molar-refractivity contribution is 5.83. The van der Waals surface area contributed by atoms with Crippen LogP contribution in [0.1, 0.15) is 24.8 Å². The van der Waals surface area contributed by atoms with Gasteiger partial charge in [0.05, 0.1) is 5.69 Å². The summed E-state index contributed by atoms with van der Waals surface area (Å²) in [5.41, 5.74) is 3.24. The number of hydrogen-bond acceptors (Lipinski definition) is 6. The number of hydrogen-bond donors (Lipinski definition) is 2. The molecule has 0 aliphatic carbocycles. The van der Waals surface area contributed by atoms with Crippen molar-refractivity contribution in [1.82, 2.24) is 15.0 Å². The third-order valence-electron chi connectivity index (χ3n) is 6.50. The van der Waals surface area contributed by atoms with E-state index in [1.807, 2.05) is 19.2 Å². The molecule has 1 aliphatic rings. The summed E-state index contributed by atoms with van der Waals surface area (Å²) in [4.78, 5) is 21.1. The quantitative estimate of drug-likeness (QED) is 0.316. The summed E-state index contributed by atoms with van der Waals surface area (Å²) >= 11 is 0. The maximum atomic E-state index is 14.3. The molecule has 1 fully saturated rings. The zero-order chi connectivity index (χ0) is 24.2. The minimum Gasteiger partial charge on any atom is -0.361 e. The fraction of sp³-hybridized carbons (Fsp3) is 0.296. The van der Waals surface area contributed by atoms with Crippen molar-refractivity contribution in [2.24, 2.45) is 4.99 Å². The Bertz CT molecular complexity index is 1330. The average Bonchev–Trinajstić information content (AvgIpc) is 3.31. The van der Waals surface area contributed by atoms with Crippen molar-refractivity contribution in [2.75, 3.05) is 41.8 Å². The number of H-pyrrole nitrogens is 1. The van der Waals surface area contributed by atoms with Crippen molar-refractivity contribution in [3.8, 4) is 0 Å². The Kier molecular flexibility index (Phi) is 6.61. The summed E-state index contributed by atoms with van der Waals surface area (Å²) in [7, 11) is 2.01. The number of likely N-dealkylation sites (N-methyl/N-ethyl adjacent to an activating group) is 1. The molecule has 5 rings (SSSR count). The maximum absolute atomic E-state index is 14.3. The van der Waals surface area contributed by atoms with Crippen LogP contribution in [-0.4, -0.2) is 48.4 Å². The number of aliphatic imine (C=N–C) groups is 1. The first-order valence-electron chi connectivity index (χ1n) is 12.0. The standard InChI is InChI=1S/C27H30FN7/c1-29-24-11-10-20(16-22(24)28)31-25-17-26(35-13-6-3-7-14-35)33-27(32-25)34(2)15-12-19-18-30-23-9-5-4-8-21(19)23/h4-5,8-11,16-18,30H,1,3,6-7,12-15H2,2H3,(H,31,32,33). The van der Waals surface area contributed by atoms with Gasteiger partial charge in [-0.2, -0.15) is 9.97 Å². The van der Waals surface area contributed by atoms with Crippen molar-refractivity contribution >= 4 is 46.6 Å². The average molecular weight is 472 g/mol. The molecule has 7 nitrogen and oxygen atoms in total. The van der Waals surface area contributed by atoms with Crippen LogP contribution < -0.4 is 15.1 Å². The number of nitrogens with one attached hydrogen (secondary N) is 2. The first-order chi connectivity index (χ1) is 17.1. The molecule has 0 radical (unpaired) electrons. The van der Waals surface area contributed by atoms with E-state index in [0.29, 0.717) is 17.5 Å². The monoisotopic (exact) mass is 471 g/mol. The molecular weight excluding hydrogens is 441 g/mol. The molecule has 4 aromatic rings. The van der Waals surface area contributed by atoms with Crippen LogP contribution in [-0.2, 0) is 6.42 Å². The molecule has 2 aromatic carbocycles. The second-order valence-corrected chi connectivity index (χ2v) is 8.94. The van der Waals surface area contributed by atoms with Gasteiger partial charge in [0.2, 0.25) is 5.95 Å². The van der Waals surface area contributed by atoms with Gasteiger partial charge >= 0.3 is 0 Å². The predicted molar refractivity (Wildman–Crippen MR) is 142 cm³/mol. The van der Waals surface area contributed by atoms with Crippen molar-refractivity contribution in [3.05, 3.63) is 66.1 Å². The zero-order valence-corrected chi connectivity index (χ0v) is 20.0. The number of aromatic amines is 1. The van der Waals surface area contributed by atoms with Crippen molar-refractivity contribution in [2.45, 2.75) is 25.7 Å². The molecule has 1 aliphatic heterocycles. The molecule has 0 unspecified atom stereocenters. The van der Waals surface area contributed by atoms with E-state index < -0.39 is 5.82 Å². The molecule has 8 heteroatoms. The van der Waals surface area contributed by atoms with Gasteiger partial charge in [0, 0.05) is 55.5 Å². The first-order valence-corrected chi connectivity index (χ1v) is 12.0. The number of nitrogens with zero attached hydrogens (tertiary/aromatic N) is 5. The van der Waals surface area contributed by atoms with Crippen LogP contribution in [0.2, 0.25) is 0 Å². The molecule has 2 N–H and O–H groups in total. The fourth-order valence-corrected chi connectivity index (χ4v) is 4.53. The van der Waals surface area contributed by atoms with Gasteiger partial charge in [-0.3, -0.25) is 4.99 Å². The number of rotatable bonds is 8. The topological polar surface area (TPSA) is 72.4 Å². The molecule has 0 spiro atoms. The lowest BCUT2D eigenvalue weighted by Gasteiger charge is -2.29. The molecule has 0 amide bonds. The fourth-order valence-electron chi connectivity index (χ4n) is 4.53. The number of aromatic nitrogens is 3. The Labute approximate surface area is 204 Å². The van der Waals surface area contributed by atoms with Crippen molar-refractivity contribution < 1.29 is 4.39 Å². The smallest absolute Gasteiger partial charge is 0.229 e. The number of para-hydroxylation sites is 1. The minimum atomic E-state index is -0.425. The molecule has 180 valence electrons. The molecule has 3 heterocycles. The molecule has 1 saturated heterocycles. The number of fused-ring (bicyclic) bond motifs is 1. The third-order valence-corrected chi connectivity index (χ3v) is 6.50. The Balaban J connectivity index is 1.40. The maximum Gasteiger partial charge on any atom is 0.229 e. The Morgan fingerprint density at radius 3 is 2.74 bits per heavy atom. The van der Waals surface area contributed by atoms with Crippen LogP contribution in [0.4, 0.5) is 33.3 Å². The lowest BCUT2D eigenvalue weighted by atomic mass is 10.1. The predicted octanol–water partition coefficient (Wildman–Crippen LogP) is 5.84. The summed E-state index contributed by atoms with van der Waals surface area (Å²) < 4.78 is 14.3. The lowest BCUT2D eigenvalue weighted by Crippen LogP contribution is -2.31. The van der Waals surface area contributed by atoms with E-state index in [-0.39, 0.29) is 5.69 Å². The van der Waals surface area contributed by atoms with E-state index in [4.69, 9.17) is 9.97 Å². The second-order valence-electron chi connectivity index (χ2n) is 8.94. The first kappa shape index (κ1) is 22.8. The highest BCUT2D eigenvalue weighted by atomic mass is 19.1. The van der Waals surface area contributed by atoms with E-state index in [1.165, 1.54) is 23.4 Å². The van der Waals surface area contributed by atoms with E-state index in [0.717, 1.165) is 50.2 Å². The minimum absolute atomic E-state index is 0.227. The Morgan fingerprint density at radius 1 is 1.11 bits per heavy atom. The van der Waals surface area contributed by atoms with Crippen LogP contribution in [0.15, 0.2) is 59.7 Å². The highest BCUT2D eigenvalue weighted by Crippen LogP contribution is 2.28. The van der Waals surface area contributed by atoms with Gasteiger partial charge in [-0.1, -0.05) is 18.2 Å². The summed E-state index contributed by atoms with van der Waals surface area (Å²) in [6, 6.07) is 15.1. The van der Waals surface area contributed by atoms with E-state index >= 15 is 0 Å². The van der Waals surface area contributed by atoms with Crippen LogP contribution >= 0.6 is 0 Å². The zero-order valence-electron chi connectivity index (χ0n) is 20.0.